The maximum absolute atomic E-state index is 12.7. The summed E-state index contributed by atoms with van der Waals surface area (Å²) in [7, 11) is 0. The smallest absolute Gasteiger partial charge is 0.345 e. The van der Waals surface area contributed by atoms with Crippen molar-refractivity contribution in [1.82, 2.24) is 4.98 Å². The minimum atomic E-state index is -0.596. The summed E-state index contributed by atoms with van der Waals surface area (Å²) >= 11 is 0. The zero-order chi connectivity index (χ0) is 18.7. The van der Waals surface area contributed by atoms with Crippen LogP contribution in [0.15, 0.2) is 47.6 Å². The summed E-state index contributed by atoms with van der Waals surface area (Å²) in [6.07, 6.45) is 8.37. The van der Waals surface area contributed by atoms with Crippen molar-refractivity contribution < 1.29 is 19.1 Å². The molecule has 0 radical (unpaired) electrons. The Hall–Kier alpha value is -2.69. The summed E-state index contributed by atoms with van der Waals surface area (Å²) < 4.78 is 10.8. The van der Waals surface area contributed by atoms with Gasteiger partial charge in [0, 0.05) is 17.5 Å². The third kappa shape index (κ3) is 3.93. The van der Waals surface area contributed by atoms with E-state index >= 15 is 0 Å². The van der Waals surface area contributed by atoms with Gasteiger partial charge in [-0.15, -0.1) is 0 Å². The number of pyridine rings is 1. The summed E-state index contributed by atoms with van der Waals surface area (Å²) in [5.74, 6) is -0.141. The van der Waals surface area contributed by atoms with E-state index in [-0.39, 0.29) is 11.3 Å². The topological polar surface area (TPSA) is 65.5 Å². The Morgan fingerprint density at radius 3 is 2.81 bits per heavy atom. The first kappa shape index (κ1) is 18.1. The number of ether oxygens (including phenoxy) is 2. The van der Waals surface area contributed by atoms with E-state index in [2.05, 4.69) is 4.98 Å². The molecule has 1 saturated carbocycles. The lowest BCUT2D eigenvalue weighted by atomic mass is 10.0. The number of carbonyl (C=O) groups is 2. The maximum atomic E-state index is 12.7. The number of rotatable bonds is 6. The molecule has 5 nitrogen and oxygen atoms in total. The second kappa shape index (κ2) is 7.68. The molecule has 2 aliphatic rings. The molecule has 1 fully saturated rings. The van der Waals surface area contributed by atoms with Crippen molar-refractivity contribution in [3.63, 3.8) is 0 Å². The van der Waals surface area contributed by atoms with Gasteiger partial charge in [-0.1, -0.05) is 19.1 Å². The van der Waals surface area contributed by atoms with Crippen LogP contribution in [0.5, 0.6) is 0 Å². The Morgan fingerprint density at radius 2 is 2.15 bits per heavy atom. The van der Waals surface area contributed by atoms with Gasteiger partial charge in [0.1, 0.15) is 11.3 Å². The zero-order valence-electron chi connectivity index (χ0n) is 15.4. The van der Waals surface area contributed by atoms with E-state index in [0.717, 1.165) is 36.1 Å². The average Bonchev–Trinajstić information content (AvgIpc) is 3.39. The van der Waals surface area contributed by atoms with Gasteiger partial charge >= 0.3 is 5.97 Å². The van der Waals surface area contributed by atoms with Crippen LogP contribution in [0.4, 0.5) is 0 Å². The summed E-state index contributed by atoms with van der Waals surface area (Å²) in [6.45, 7) is 5.92. The van der Waals surface area contributed by atoms with Crippen LogP contribution in [-0.2, 0) is 19.1 Å². The predicted molar refractivity (Wildman–Crippen MR) is 97.8 cm³/mol. The molecule has 1 aliphatic carbocycles. The van der Waals surface area contributed by atoms with Crippen LogP contribution in [0.25, 0.3) is 5.57 Å². The van der Waals surface area contributed by atoms with Gasteiger partial charge in [0.25, 0.3) is 0 Å². The molecular weight excluding hydrogens is 330 g/mol. The third-order valence-electron chi connectivity index (χ3n) is 4.45. The largest absolute Gasteiger partial charge is 0.462 e. The van der Waals surface area contributed by atoms with Crippen LogP contribution >= 0.6 is 0 Å². The molecule has 0 saturated heterocycles. The number of esters is 1. The van der Waals surface area contributed by atoms with Crippen molar-refractivity contribution in [2.45, 2.75) is 40.0 Å². The van der Waals surface area contributed by atoms with E-state index in [1.54, 1.807) is 19.2 Å². The molecule has 0 spiro atoms. The van der Waals surface area contributed by atoms with Crippen LogP contribution in [0.2, 0.25) is 0 Å². The van der Waals surface area contributed by atoms with Crippen molar-refractivity contribution in [2.75, 3.05) is 6.61 Å². The Kier molecular flexibility index (Phi) is 5.35. The Bertz CT molecular complexity index is 828. The maximum Gasteiger partial charge on any atom is 0.345 e. The lowest BCUT2D eigenvalue weighted by Crippen LogP contribution is -2.15. The zero-order valence-corrected chi connectivity index (χ0v) is 15.4. The molecule has 0 amide bonds. The number of allylic oxidation sites excluding steroid dienone is 5. The van der Waals surface area contributed by atoms with E-state index in [4.69, 9.17) is 9.47 Å². The fourth-order valence-corrected chi connectivity index (χ4v) is 2.82. The van der Waals surface area contributed by atoms with Crippen LogP contribution in [0, 0.1) is 12.8 Å². The monoisotopic (exact) mass is 353 g/mol. The van der Waals surface area contributed by atoms with Gasteiger partial charge in [-0.2, -0.15) is 0 Å². The second-order valence-electron chi connectivity index (χ2n) is 6.62. The normalized spacial score (nSPS) is 19.1. The van der Waals surface area contributed by atoms with E-state index in [1.807, 2.05) is 32.1 Å². The van der Waals surface area contributed by atoms with Crippen LogP contribution in [0.1, 0.15) is 44.4 Å². The van der Waals surface area contributed by atoms with Crippen molar-refractivity contribution in [2.24, 2.45) is 5.92 Å². The van der Waals surface area contributed by atoms with Crippen LogP contribution < -0.4 is 0 Å². The van der Waals surface area contributed by atoms with Crippen molar-refractivity contribution in [3.8, 4) is 0 Å². The number of hydrogen-bond donors (Lipinski definition) is 0. The average molecular weight is 353 g/mol. The molecule has 136 valence electrons. The molecule has 3 rings (SSSR count). The number of hydrogen-bond acceptors (Lipinski definition) is 5. The Labute approximate surface area is 153 Å². The molecule has 1 aromatic rings. The number of nitrogens with zero attached hydrogens (tertiary/aromatic N) is 1. The SMILES string of the molecule is CC/C=C(/C=C1\OC(C)=C(C(=O)OCC2CC2)C1=O)c1cccnc1C. The third-order valence-corrected chi connectivity index (χ3v) is 4.45. The quantitative estimate of drug-likeness (QED) is 0.441. The van der Waals surface area contributed by atoms with Crippen molar-refractivity contribution in [3.05, 3.63) is 58.8 Å². The first-order chi connectivity index (χ1) is 12.5. The highest BCUT2D eigenvalue weighted by molar-refractivity contribution is 6.25. The molecule has 0 unspecified atom stereocenters. The molecule has 0 atom stereocenters. The van der Waals surface area contributed by atoms with E-state index in [1.165, 1.54) is 0 Å². The molecule has 2 heterocycles. The highest BCUT2D eigenvalue weighted by Crippen LogP contribution is 2.32. The second-order valence-corrected chi connectivity index (χ2v) is 6.62. The predicted octanol–water partition coefficient (Wildman–Crippen LogP) is 3.89. The minimum Gasteiger partial charge on any atom is -0.462 e. The molecular formula is C21H23NO4. The molecule has 1 aliphatic heterocycles. The molecule has 0 aromatic carbocycles. The number of aryl methyl sites for hydroxylation is 1. The number of Topliss-reactive ketones (excluding diaryl/α,β-unsaturated/α-hetero) is 1. The van der Waals surface area contributed by atoms with E-state index in [9.17, 15) is 9.59 Å². The molecule has 5 heteroatoms. The molecule has 0 bridgehead atoms. The van der Waals surface area contributed by atoms with Gasteiger partial charge in [-0.05, 0) is 56.7 Å². The summed E-state index contributed by atoms with van der Waals surface area (Å²) in [5.41, 5.74) is 2.64. The lowest BCUT2D eigenvalue weighted by molar-refractivity contribution is -0.140. The number of aromatic nitrogens is 1. The van der Waals surface area contributed by atoms with E-state index < -0.39 is 11.8 Å². The van der Waals surface area contributed by atoms with Gasteiger partial charge in [-0.3, -0.25) is 9.78 Å². The fourth-order valence-electron chi connectivity index (χ4n) is 2.82. The van der Waals surface area contributed by atoms with Gasteiger partial charge in [0.15, 0.2) is 5.76 Å². The summed E-state index contributed by atoms with van der Waals surface area (Å²) in [4.78, 5) is 29.2. The summed E-state index contributed by atoms with van der Waals surface area (Å²) in [6, 6.07) is 3.80. The van der Waals surface area contributed by atoms with Crippen LogP contribution in [0.3, 0.4) is 0 Å². The highest BCUT2D eigenvalue weighted by Gasteiger charge is 2.35. The number of ketones is 1. The lowest BCUT2D eigenvalue weighted by Gasteiger charge is -2.07. The molecule has 0 N–H and O–H groups in total. The van der Waals surface area contributed by atoms with Gasteiger partial charge in [0.05, 0.1) is 6.61 Å². The van der Waals surface area contributed by atoms with Gasteiger partial charge in [-0.25, -0.2) is 4.79 Å². The first-order valence-electron chi connectivity index (χ1n) is 8.95. The highest BCUT2D eigenvalue weighted by atomic mass is 16.5. The van der Waals surface area contributed by atoms with Gasteiger partial charge < -0.3 is 9.47 Å². The van der Waals surface area contributed by atoms with Crippen LogP contribution in [-0.4, -0.2) is 23.3 Å². The number of carbonyl (C=O) groups excluding carboxylic acids is 2. The molecule has 1 aromatic heterocycles. The minimum absolute atomic E-state index is 0.00402. The Morgan fingerprint density at radius 1 is 1.38 bits per heavy atom. The Balaban J connectivity index is 1.82. The standard InChI is InChI=1S/C21H23NO4/c1-4-6-16(17-7-5-10-22-13(17)2)11-18-20(23)19(14(3)26-18)21(24)25-12-15-8-9-15/h5-7,10-11,15H,4,8-9,12H2,1-3H3/b16-6-,18-11-. The van der Waals surface area contributed by atoms with Crippen molar-refractivity contribution >= 4 is 17.3 Å². The molecule has 26 heavy (non-hydrogen) atoms. The van der Waals surface area contributed by atoms with Gasteiger partial charge in [0.2, 0.25) is 5.78 Å². The fraction of sp³-hybridized carbons (Fsp3) is 0.381. The van der Waals surface area contributed by atoms with Crippen molar-refractivity contribution in [1.29, 1.82) is 0 Å². The van der Waals surface area contributed by atoms with E-state index in [0.29, 0.717) is 18.3 Å². The first-order valence-corrected chi connectivity index (χ1v) is 8.95. The summed E-state index contributed by atoms with van der Waals surface area (Å²) in [5, 5.41) is 0.